The lowest BCUT2D eigenvalue weighted by atomic mass is 9.75. The van der Waals surface area contributed by atoms with Gasteiger partial charge in [-0.1, -0.05) is 0 Å². The van der Waals surface area contributed by atoms with E-state index >= 15 is 0 Å². The fraction of sp³-hybridized carbons (Fsp3) is 0.667. The van der Waals surface area contributed by atoms with E-state index < -0.39 is 40.5 Å². The van der Waals surface area contributed by atoms with Gasteiger partial charge >= 0.3 is 5.97 Å². The molecular formula is C30H40FN3O6. The number of carbonyl (C=O) groups is 3. The maximum Gasteiger partial charge on any atom is 0.309 e. The van der Waals surface area contributed by atoms with E-state index in [9.17, 15) is 29.1 Å². The largest absolute Gasteiger partial charge is 0.496 e. The van der Waals surface area contributed by atoms with Crippen molar-refractivity contribution in [1.82, 2.24) is 10.6 Å². The van der Waals surface area contributed by atoms with Crippen molar-refractivity contribution in [1.29, 1.82) is 5.26 Å². The van der Waals surface area contributed by atoms with Crippen LogP contribution in [0.15, 0.2) is 12.1 Å². The van der Waals surface area contributed by atoms with Crippen LogP contribution in [0, 0.1) is 45.7 Å². The molecule has 40 heavy (non-hydrogen) atoms. The number of methoxy groups -OCH3 is 1. The number of nitriles is 1. The second-order valence-electron chi connectivity index (χ2n) is 12.6. The summed E-state index contributed by atoms with van der Waals surface area (Å²) in [5.41, 5.74) is -1.46. The number of nitrogens with zero attached hydrogens (tertiary/aromatic N) is 1. The number of halogens is 1. The number of aliphatic carboxylic acids is 1. The minimum absolute atomic E-state index is 0.0537. The molecule has 1 aromatic rings. The number of amides is 2. The molecule has 0 aliphatic heterocycles. The summed E-state index contributed by atoms with van der Waals surface area (Å²) < 4.78 is 26.2. The first-order valence-electron chi connectivity index (χ1n) is 14.1. The standard InChI is InChI=1S/C30H40FN3O6/c1-16(29(2,3)15-32)33-27(36)24-17-6-7-18(12-17)25(24)34-26(35)20-13-23(21(31)14-22(20)39-5)40-19-8-10-30(4,11-9-19)28(37)38/h13-14,16-19,24-25H,6-12H2,1-5H3,(H,33,36)(H,34,35)(H,37,38)/t16-,17-,18+,19?,24+,25-,30?/m1/s1. The Morgan fingerprint density at radius 2 is 1.80 bits per heavy atom. The highest BCUT2D eigenvalue weighted by Crippen LogP contribution is 2.49. The topological polar surface area (TPSA) is 138 Å². The van der Waals surface area contributed by atoms with Gasteiger partial charge in [0.15, 0.2) is 11.6 Å². The second-order valence-corrected chi connectivity index (χ2v) is 12.6. The maximum atomic E-state index is 15.0. The number of ether oxygens (including phenoxy) is 2. The van der Waals surface area contributed by atoms with Gasteiger partial charge in [0.05, 0.1) is 41.6 Å². The molecule has 1 aromatic carbocycles. The summed E-state index contributed by atoms with van der Waals surface area (Å²) in [5, 5.41) is 25.0. The van der Waals surface area contributed by atoms with Crippen molar-refractivity contribution < 1.29 is 33.4 Å². The Hall–Kier alpha value is -3.35. The highest BCUT2D eigenvalue weighted by atomic mass is 19.1. The Balaban J connectivity index is 1.50. The number of hydrogen-bond acceptors (Lipinski definition) is 6. The first-order chi connectivity index (χ1) is 18.8. The van der Waals surface area contributed by atoms with Crippen LogP contribution in [-0.2, 0) is 9.59 Å². The maximum absolute atomic E-state index is 15.0. The summed E-state index contributed by atoms with van der Waals surface area (Å²) >= 11 is 0. The number of carboxylic acid groups (broad SMARTS) is 1. The molecule has 4 rings (SSSR count). The molecule has 3 fully saturated rings. The van der Waals surface area contributed by atoms with Gasteiger partial charge in [-0.05, 0) is 90.5 Å². The summed E-state index contributed by atoms with van der Waals surface area (Å²) in [4.78, 5) is 38.5. The van der Waals surface area contributed by atoms with Gasteiger partial charge in [0, 0.05) is 18.2 Å². The first-order valence-corrected chi connectivity index (χ1v) is 14.1. The van der Waals surface area contributed by atoms with Gasteiger partial charge in [-0.3, -0.25) is 14.4 Å². The van der Waals surface area contributed by atoms with Crippen molar-refractivity contribution in [2.75, 3.05) is 7.11 Å². The summed E-state index contributed by atoms with van der Waals surface area (Å²) in [7, 11) is 1.35. The van der Waals surface area contributed by atoms with Crippen molar-refractivity contribution >= 4 is 17.8 Å². The van der Waals surface area contributed by atoms with Gasteiger partial charge in [-0.2, -0.15) is 5.26 Å². The van der Waals surface area contributed by atoms with Crippen LogP contribution in [-0.4, -0.2) is 48.2 Å². The SMILES string of the molecule is COc1cc(F)c(OC2CCC(C)(C(=O)O)CC2)cc1C(=O)N[C@@H]1[C@H]2CC[C@H](C2)[C@@H]1C(=O)N[C@H](C)C(C)(C)C#N. The Morgan fingerprint density at radius 3 is 2.40 bits per heavy atom. The molecule has 2 amide bonds. The second kappa shape index (κ2) is 11.3. The average Bonchev–Trinajstić information content (AvgIpc) is 3.52. The summed E-state index contributed by atoms with van der Waals surface area (Å²) in [6.07, 6.45) is 4.02. The zero-order valence-electron chi connectivity index (χ0n) is 23.9. The fourth-order valence-electron chi connectivity index (χ4n) is 6.40. The van der Waals surface area contributed by atoms with Crippen molar-refractivity contribution in [2.24, 2.45) is 28.6 Å². The minimum atomic E-state index is -0.851. The first kappa shape index (κ1) is 29.6. The van der Waals surface area contributed by atoms with Crippen molar-refractivity contribution in [3.8, 4) is 17.6 Å². The van der Waals surface area contributed by atoms with Crippen LogP contribution >= 0.6 is 0 Å². The number of rotatable bonds is 9. The number of carbonyl (C=O) groups excluding carboxylic acids is 2. The number of benzene rings is 1. The Kier molecular flexibility index (Phi) is 8.34. The van der Waals surface area contributed by atoms with E-state index in [1.807, 2.05) is 0 Å². The molecule has 0 aromatic heterocycles. The van der Waals surface area contributed by atoms with E-state index in [-0.39, 0.29) is 47.0 Å². The van der Waals surface area contributed by atoms with Crippen LogP contribution < -0.4 is 20.1 Å². The van der Waals surface area contributed by atoms with Crippen LogP contribution in [0.4, 0.5) is 4.39 Å². The van der Waals surface area contributed by atoms with E-state index in [2.05, 4.69) is 16.7 Å². The molecular weight excluding hydrogens is 517 g/mol. The van der Waals surface area contributed by atoms with Crippen LogP contribution in [0.25, 0.3) is 0 Å². The number of fused-ring (bicyclic) bond motifs is 2. The predicted molar refractivity (Wildman–Crippen MR) is 144 cm³/mol. The van der Waals surface area contributed by atoms with Crippen molar-refractivity contribution in [2.45, 2.75) is 90.8 Å². The van der Waals surface area contributed by atoms with Crippen LogP contribution in [0.1, 0.15) is 83.0 Å². The van der Waals surface area contributed by atoms with Gasteiger partial charge in [-0.25, -0.2) is 4.39 Å². The van der Waals surface area contributed by atoms with E-state index in [0.717, 1.165) is 25.3 Å². The molecule has 0 unspecified atom stereocenters. The van der Waals surface area contributed by atoms with Crippen LogP contribution in [0.2, 0.25) is 0 Å². The molecule has 10 heteroatoms. The Bertz CT molecular complexity index is 1200. The third kappa shape index (κ3) is 5.74. The Labute approximate surface area is 234 Å². The van der Waals surface area contributed by atoms with Gasteiger partial charge in [0.1, 0.15) is 5.75 Å². The Morgan fingerprint density at radius 1 is 1.15 bits per heavy atom. The molecule has 5 atom stereocenters. The molecule has 0 heterocycles. The summed E-state index contributed by atoms with van der Waals surface area (Å²) in [6, 6.07) is 3.91. The average molecular weight is 558 g/mol. The molecule has 0 radical (unpaired) electrons. The molecule has 0 saturated heterocycles. The van der Waals surface area contributed by atoms with Gasteiger partial charge in [0.25, 0.3) is 5.91 Å². The highest BCUT2D eigenvalue weighted by molar-refractivity contribution is 5.98. The van der Waals surface area contributed by atoms with E-state index in [1.54, 1.807) is 27.7 Å². The quantitative estimate of drug-likeness (QED) is 0.408. The number of hydrogen-bond donors (Lipinski definition) is 3. The third-order valence-electron chi connectivity index (χ3n) is 9.59. The fourth-order valence-corrected chi connectivity index (χ4v) is 6.40. The minimum Gasteiger partial charge on any atom is -0.496 e. The summed E-state index contributed by atoms with van der Waals surface area (Å²) in [5.74, 6) is -2.35. The predicted octanol–water partition coefficient (Wildman–Crippen LogP) is 4.45. The highest BCUT2D eigenvalue weighted by Gasteiger charge is 2.52. The molecule has 2 bridgehead atoms. The molecule has 0 spiro atoms. The van der Waals surface area contributed by atoms with E-state index in [1.165, 1.54) is 13.2 Å². The zero-order chi connectivity index (χ0) is 29.4. The monoisotopic (exact) mass is 557 g/mol. The van der Waals surface area contributed by atoms with Gasteiger partial charge in [-0.15, -0.1) is 0 Å². The normalized spacial score (nSPS) is 30.2. The molecule has 218 valence electrons. The van der Waals surface area contributed by atoms with Gasteiger partial charge < -0.3 is 25.2 Å². The molecule has 9 nitrogen and oxygen atoms in total. The van der Waals surface area contributed by atoms with E-state index in [4.69, 9.17) is 9.47 Å². The molecule has 3 aliphatic carbocycles. The summed E-state index contributed by atoms with van der Waals surface area (Å²) in [6.45, 7) is 7.06. The third-order valence-corrected chi connectivity index (χ3v) is 9.59. The van der Waals surface area contributed by atoms with Gasteiger partial charge in [0.2, 0.25) is 5.91 Å². The lowest BCUT2D eigenvalue weighted by molar-refractivity contribution is -0.150. The smallest absolute Gasteiger partial charge is 0.309 e. The lowest BCUT2D eigenvalue weighted by Crippen LogP contribution is -2.53. The van der Waals surface area contributed by atoms with Crippen molar-refractivity contribution in [3.63, 3.8) is 0 Å². The molecule has 3 N–H and O–H groups in total. The molecule has 3 aliphatic rings. The lowest BCUT2D eigenvalue weighted by Gasteiger charge is -2.34. The van der Waals surface area contributed by atoms with E-state index in [0.29, 0.717) is 25.7 Å². The van der Waals surface area contributed by atoms with Crippen LogP contribution in [0.5, 0.6) is 11.5 Å². The molecule has 3 saturated carbocycles. The number of nitrogens with one attached hydrogen (secondary N) is 2. The van der Waals surface area contributed by atoms with Crippen molar-refractivity contribution in [3.05, 3.63) is 23.5 Å². The number of carboxylic acids is 1. The zero-order valence-corrected chi connectivity index (χ0v) is 23.9. The van der Waals surface area contributed by atoms with Crippen LogP contribution in [0.3, 0.4) is 0 Å².